The fraction of sp³-hybridized carbons (Fsp3) is 0.273. The smallest absolute Gasteiger partial charge is 0.348 e. The maximum absolute atomic E-state index is 12.9. The molecule has 0 saturated heterocycles. The quantitative estimate of drug-likeness (QED) is 0.460. The monoisotopic (exact) mass is 475 g/mol. The average molecular weight is 476 g/mol. The van der Waals surface area contributed by atoms with Gasteiger partial charge in [-0.1, -0.05) is 23.7 Å². The van der Waals surface area contributed by atoms with Crippen LogP contribution in [0.1, 0.15) is 56.9 Å². The third-order valence-electron chi connectivity index (χ3n) is 4.34. The van der Waals surface area contributed by atoms with Gasteiger partial charge in [-0.15, -0.1) is 11.3 Å². The number of thiophene rings is 1. The minimum Gasteiger partial charge on any atom is -0.462 e. The highest BCUT2D eigenvalue weighted by Crippen LogP contribution is 2.35. The lowest BCUT2D eigenvalue weighted by Crippen LogP contribution is -2.17. The first-order chi connectivity index (χ1) is 15.2. The second kappa shape index (κ2) is 9.97. The predicted octanol–water partition coefficient (Wildman–Crippen LogP) is 5.09. The summed E-state index contributed by atoms with van der Waals surface area (Å²) in [5.41, 5.74) is 2.03. The van der Waals surface area contributed by atoms with Crippen molar-refractivity contribution in [1.82, 2.24) is 10.2 Å². The first-order valence-corrected chi connectivity index (χ1v) is 11.0. The maximum Gasteiger partial charge on any atom is 0.348 e. The second-order valence-electron chi connectivity index (χ2n) is 7.06. The fourth-order valence-corrected chi connectivity index (χ4v) is 4.10. The SMILES string of the molecule is CCOC(=O)c1sc(NC(=O)c2cc(-c3ccc(Cl)cc3)n[nH]2)c(C(=O)OC(C)C)c1C. The number of amides is 1. The van der Waals surface area contributed by atoms with Crippen molar-refractivity contribution in [3.05, 3.63) is 57.1 Å². The Hall–Kier alpha value is -3.17. The van der Waals surface area contributed by atoms with Crippen LogP contribution < -0.4 is 5.32 Å². The number of aromatic amines is 1. The third-order valence-corrected chi connectivity index (χ3v) is 5.78. The van der Waals surface area contributed by atoms with Crippen molar-refractivity contribution < 1.29 is 23.9 Å². The van der Waals surface area contributed by atoms with Crippen molar-refractivity contribution in [3.63, 3.8) is 0 Å². The number of halogens is 1. The Labute approximate surface area is 193 Å². The van der Waals surface area contributed by atoms with Gasteiger partial charge in [0, 0.05) is 10.6 Å². The van der Waals surface area contributed by atoms with Crippen LogP contribution in [0.25, 0.3) is 11.3 Å². The molecule has 0 radical (unpaired) electrons. The summed E-state index contributed by atoms with van der Waals surface area (Å²) in [7, 11) is 0. The van der Waals surface area contributed by atoms with Crippen molar-refractivity contribution in [1.29, 1.82) is 0 Å². The summed E-state index contributed by atoms with van der Waals surface area (Å²) >= 11 is 6.87. The molecule has 3 rings (SSSR count). The van der Waals surface area contributed by atoms with Crippen LogP contribution in [0.15, 0.2) is 30.3 Å². The summed E-state index contributed by atoms with van der Waals surface area (Å²) in [5, 5.41) is 10.3. The summed E-state index contributed by atoms with van der Waals surface area (Å²) < 4.78 is 10.4. The van der Waals surface area contributed by atoms with E-state index in [4.69, 9.17) is 21.1 Å². The topological polar surface area (TPSA) is 110 Å². The minimum atomic E-state index is -0.633. The first kappa shape index (κ1) is 23.5. The molecule has 2 heterocycles. The van der Waals surface area contributed by atoms with E-state index in [0.29, 0.717) is 16.3 Å². The fourth-order valence-electron chi connectivity index (χ4n) is 2.89. The number of esters is 2. The molecule has 3 aromatic rings. The Morgan fingerprint density at radius 3 is 2.50 bits per heavy atom. The maximum atomic E-state index is 12.9. The van der Waals surface area contributed by atoms with E-state index in [0.717, 1.165) is 16.9 Å². The number of ether oxygens (including phenoxy) is 2. The van der Waals surface area contributed by atoms with Crippen LogP contribution >= 0.6 is 22.9 Å². The van der Waals surface area contributed by atoms with Gasteiger partial charge in [0.05, 0.1) is 24.0 Å². The lowest BCUT2D eigenvalue weighted by molar-refractivity contribution is 0.0379. The highest BCUT2D eigenvalue weighted by Gasteiger charge is 2.28. The van der Waals surface area contributed by atoms with E-state index in [1.807, 2.05) is 0 Å². The minimum absolute atomic E-state index is 0.123. The van der Waals surface area contributed by atoms with Gasteiger partial charge >= 0.3 is 11.9 Å². The van der Waals surface area contributed by atoms with Gasteiger partial charge in [-0.05, 0) is 51.5 Å². The molecule has 0 aliphatic rings. The van der Waals surface area contributed by atoms with E-state index in [1.165, 1.54) is 0 Å². The molecule has 0 atom stereocenters. The predicted molar refractivity (Wildman–Crippen MR) is 123 cm³/mol. The van der Waals surface area contributed by atoms with Crippen LogP contribution in [-0.2, 0) is 9.47 Å². The van der Waals surface area contributed by atoms with Gasteiger partial charge in [-0.25, -0.2) is 9.59 Å². The highest BCUT2D eigenvalue weighted by atomic mass is 35.5. The van der Waals surface area contributed by atoms with Gasteiger partial charge in [-0.2, -0.15) is 5.10 Å². The lowest BCUT2D eigenvalue weighted by atomic mass is 10.1. The summed E-state index contributed by atoms with van der Waals surface area (Å²) in [5.74, 6) is -1.72. The van der Waals surface area contributed by atoms with E-state index in [1.54, 1.807) is 58.0 Å². The normalized spacial score (nSPS) is 10.8. The number of carbonyl (C=O) groups is 3. The molecule has 10 heteroatoms. The lowest BCUT2D eigenvalue weighted by Gasteiger charge is -2.10. The number of carbonyl (C=O) groups excluding carboxylic acids is 3. The Kier molecular flexibility index (Phi) is 7.32. The number of hydrogen-bond acceptors (Lipinski definition) is 7. The van der Waals surface area contributed by atoms with Crippen molar-refractivity contribution >= 4 is 45.8 Å². The second-order valence-corrected chi connectivity index (χ2v) is 8.52. The first-order valence-electron chi connectivity index (χ1n) is 9.85. The molecule has 32 heavy (non-hydrogen) atoms. The zero-order chi connectivity index (χ0) is 23.4. The average Bonchev–Trinajstić information content (AvgIpc) is 3.33. The number of aromatic nitrogens is 2. The van der Waals surface area contributed by atoms with Gasteiger partial charge in [-0.3, -0.25) is 9.89 Å². The van der Waals surface area contributed by atoms with Crippen LogP contribution in [0.2, 0.25) is 5.02 Å². The van der Waals surface area contributed by atoms with E-state index in [9.17, 15) is 14.4 Å². The van der Waals surface area contributed by atoms with Crippen LogP contribution in [0.3, 0.4) is 0 Å². The molecule has 0 bridgehead atoms. The molecule has 0 unspecified atom stereocenters. The number of benzene rings is 1. The van der Waals surface area contributed by atoms with Gasteiger partial charge in [0.1, 0.15) is 15.6 Å². The van der Waals surface area contributed by atoms with Crippen molar-refractivity contribution in [3.8, 4) is 11.3 Å². The van der Waals surface area contributed by atoms with E-state index in [2.05, 4.69) is 15.5 Å². The molecule has 1 aromatic carbocycles. The Balaban J connectivity index is 1.90. The Bertz CT molecular complexity index is 1150. The largest absolute Gasteiger partial charge is 0.462 e. The van der Waals surface area contributed by atoms with Crippen LogP contribution in [0, 0.1) is 6.92 Å². The van der Waals surface area contributed by atoms with E-state index < -0.39 is 17.8 Å². The molecule has 0 fully saturated rings. The molecule has 2 aromatic heterocycles. The van der Waals surface area contributed by atoms with Gasteiger partial charge in [0.15, 0.2) is 0 Å². The van der Waals surface area contributed by atoms with Crippen molar-refractivity contribution in [2.45, 2.75) is 33.8 Å². The number of nitrogens with zero attached hydrogens (tertiary/aromatic N) is 1. The number of nitrogens with one attached hydrogen (secondary N) is 2. The Morgan fingerprint density at radius 2 is 1.88 bits per heavy atom. The molecule has 168 valence electrons. The van der Waals surface area contributed by atoms with E-state index in [-0.39, 0.29) is 33.8 Å². The summed E-state index contributed by atoms with van der Waals surface area (Å²) in [6.45, 7) is 6.92. The standard InChI is InChI=1S/C22H22ClN3O5S/c1-5-30-22(29)18-12(4)17(21(28)31-11(2)3)20(32-18)24-19(27)16-10-15(25-26-16)13-6-8-14(23)9-7-13/h6-11H,5H2,1-4H3,(H,24,27)(H,25,26). The van der Waals surface area contributed by atoms with Gasteiger partial charge in [0.25, 0.3) is 5.91 Å². The number of anilines is 1. The van der Waals surface area contributed by atoms with Crippen molar-refractivity contribution in [2.75, 3.05) is 11.9 Å². The summed E-state index contributed by atoms with van der Waals surface area (Å²) in [4.78, 5) is 38.1. The van der Waals surface area contributed by atoms with Crippen LogP contribution in [0.4, 0.5) is 5.00 Å². The number of hydrogen-bond donors (Lipinski definition) is 2. The van der Waals surface area contributed by atoms with Crippen molar-refractivity contribution in [2.24, 2.45) is 0 Å². The molecule has 0 aliphatic heterocycles. The zero-order valence-electron chi connectivity index (χ0n) is 17.9. The molecule has 0 aliphatic carbocycles. The summed E-state index contributed by atoms with van der Waals surface area (Å²) in [6, 6.07) is 8.60. The van der Waals surface area contributed by atoms with E-state index >= 15 is 0 Å². The van der Waals surface area contributed by atoms with Crippen LogP contribution in [-0.4, -0.2) is 40.8 Å². The zero-order valence-corrected chi connectivity index (χ0v) is 19.5. The molecular weight excluding hydrogens is 454 g/mol. The molecule has 0 spiro atoms. The molecule has 1 amide bonds. The van der Waals surface area contributed by atoms with Gasteiger partial charge in [0.2, 0.25) is 0 Å². The highest BCUT2D eigenvalue weighted by molar-refractivity contribution is 7.18. The molecule has 2 N–H and O–H groups in total. The molecule has 0 saturated carbocycles. The molecular formula is C22H22ClN3O5S. The van der Waals surface area contributed by atoms with Crippen LogP contribution in [0.5, 0.6) is 0 Å². The number of H-pyrrole nitrogens is 1. The number of rotatable bonds is 7. The van der Waals surface area contributed by atoms with Gasteiger partial charge < -0.3 is 14.8 Å². The molecule has 8 nitrogen and oxygen atoms in total. The third kappa shape index (κ3) is 5.17. The summed E-state index contributed by atoms with van der Waals surface area (Å²) in [6.07, 6.45) is -0.370. The Morgan fingerprint density at radius 1 is 1.19 bits per heavy atom.